The van der Waals surface area contributed by atoms with Crippen molar-refractivity contribution in [3.8, 4) is 11.5 Å². The number of hydrogen-bond donors (Lipinski definition) is 1. The summed E-state index contributed by atoms with van der Waals surface area (Å²) < 4.78 is 18.4. The molecule has 2 aromatic heterocycles. The molecule has 0 saturated carbocycles. The molecule has 1 amide bonds. The van der Waals surface area contributed by atoms with E-state index in [1.807, 2.05) is 35.8 Å². The Hall–Kier alpha value is -3.31. The summed E-state index contributed by atoms with van der Waals surface area (Å²) >= 11 is 2.73. The van der Waals surface area contributed by atoms with E-state index < -0.39 is 0 Å². The lowest BCUT2D eigenvalue weighted by atomic mass is 10.1. The molecular weight excluding hydrogens is 512 g/mol. The minimum atomic E-state index is -0.385. The summed E-state index contributed by atoms with van der Waals surface area (Å²) in [6.07, 6.45) is 4.12. The third-order valence-electron chi connectivity index (χ3n) is 5.78. The molecule has 2 heterocycles. The molecule has 1 aliphatic rings. The van der Waals surface area contributed by atoms with Gasteiger partial charge in [-0.15, -0.1) is 28.1 Å². The van der Waals surface area contributed by atoms with Crippen molar-refractivity contribution in [2.24, 2.45) is 0 Å². The number of aryl methyl sites for hydroxylation is 1. The van der Waals surface area contributed by atoms with E-state index in [0.717, 1.165) is 35.5 Å². The maximum atomic E-state index is 12.9. The number of anilines is 1. The summed E-state index contributed by atoms with van der Waals surface area (Å²) in [6.45, 7) is 8.25. The molecule has 37 heavy (non-hydrogen) atoms. The van der Waals surface area contributed by atoms with Gasteiger partial charge in [-0.25, -0.2) is 4.79 Å². The molecule has 1 aliphatic carbocycles. The van der Waals surface area contributed by atoms with Gasteiger partial charge in [0.05, 0.1) is 25.0 Å². The van der Waals surface area contributed by atoms with Gasteiger partial charge >= 0.3 is 5.97 Å². The average molecular weight is 543 g/mol. The van der Waals surface area contributed by atoms with Crippen molar-refractivity contribution in [2.45, 2.75) is 50.9 Å². The topological polar surface area (TPSA) is 105 Å². The predicted molar refractivity (Wildman–Crippen MR) is 144 cm³/mol. The highest BCUT2D eigenvalue weighted by Crippen LogP contribution is 2.39. The van der Waals surface area contributed by atoms with Crippen LogP contribution in [0.4, 0.5) is 5.00 Å². The Bertz CT molecular complexity index is 1270. The van der Waals surface area contributed by atoms with Gasteiger partial charge in [-0.1, -0.05) is 17.8 Å². The third-order valence-corrected chi connectivity index (χ3v) is 7.95. The largest absolute Gasteiger partial charge is 0.497 e. The summed E-state index contributed by atoms with van der Waals surface area (Å²) in [4.78, 5) is 26.6. The zero-order valence-corrected chi connectivity index (χ0v) is 22.7. The molecule has 1 aromatic carbocycles. The second kappa shape index (κ2) is 12.3. The lowest BCUT2D eigenvalue weighted by molar-refractivity contribution is -0.113. The lowest BCUT2D eigenvalue weighted by Gasteiger charge is -2.16. The van der Waals surface area contributed by atoms with Crippen LogP contribution in [0.5, 0.6) is 11.5 Å². The second-order valence-corrected chi connectivity index (χ2v) is 10.3. The molecule has 1 atom stereocenters. The van der Waals surface area contributed by atoms with Crippen LogP contribution >= 0.6 is 23.1 Å². The number of aromatic nitrogens is 3. The fourth-order valence-corrected chi connectivity index (χ4v) is 6.17. The molecule has 0 fully saturated rings. The standard InChI is InChI=1S/C26H30N4O5S2/c1-5-14-30-23(16(3)35-18-12-10-17(33-4)11-13-18)28-29-26(30)36-15-21(31)27-24-22(25(32)34-6-2)19-8-7-9-20(19)37-24/h5,10-13,16H,1,6-9,14-15H2,2-4H3,(H,27,31). The van der Waals surface area contributed by atoms with E-state index in [4.69, 9.17) is 14.2 Å². The van der Waals surface area contributed by atoms with Crippen LogP contribution in [0.3, 0.4) is 0 Å². The van der Waals surface area contributed by atoms with E-state index in [2.05, 4.69) is 22.1 Å². The predicted octanol–water partition coefficient (Wildman–Crippen LogP) is 5.07. The van der Waals surface area contributed by atoms with Gasteiger partial charge in [0.1, 0.15) is 16.5 Å². The van der Waals surface area contributed by atoms with E-state index in [1.165, 1.54) is 23.1 Å². The number of hydrogen-bond acceptors (Lipinski definition) is 9. The summed E-state index contributed by atoms with van der Waals surface area (Å²) in [5.41, 5.74) is 1.51. The van der Waals surface area contributed by atoms with Gasteiger partial charge in [-0.3, -0.25) is 9.36 Å². The maximum Gasteiger partial charge on any atom is 0.341 e. The van der Waals surface area contributed by atoms with Crippen LogP contribution in [0, 0.1) is 0 Å². The van der Waals surface area contributed by atoms with Crippen molar-refractivity contribution >= 4 is 40.0 Å². The molecule has 0 radical (unpaired) electrons. The lowest BCUT2D eigenvalue weighted by Crippen LogP contribution is -2.17. The highest BCUT2D eigenvalue weighted by molar-refractivity contribution is 7.99. The van der Waals surface area contributed by atoms with Gasteiger partial charge in [0.25, 0.3) is 0 Å². The van der Waals surface area contributed by atoms with Crippen LogP contribution in [0.15, 0.2) is 42.1 Å². The van der Waals surface area contributed by atoms with Crippen molar-refractivity contribution in [1.82, 2.24) is 14.8 Å². The number of methoxy groups -OCH3 is 1. The monoisotopic (exact) mass is 542 g/mol. The smallest absolute Gasteiger partial charge is 0.341 e. The van der Waals surface area contributed by atoms with Crippen molar-refractivity contribution in [1.29, 1.82) is 0 Å². The number of carbonyl (C=O) groups excluding carboxylic acids is 2. The molecule has 4 rings (SSSR count). The van der Waals surface area contributed by atoms with E-state index in [-0.39, 0.29) is 30.3 Å². The van der Waals surface area contributed by atoms with Gasteiger partial charge in [-0.05, 0) is 62.9 Å². The van der Waals surface area contributed by atoms with Gasteiger partial charge in [0.2, 0.25) is 5.91 Å². The Morgan fingerprint density at radius 1 is 1.24 bits per heavy atom. The molecule has 0 bridgehead atoms. The van der Waals surface area contributed by atoms with Crippen molar-refractivity contribution in [3.63, 3.8) is 0 Å². The number of thiophene rings is 1. The first-order chi connectivity index (χ1) is 17.9. The van der Waals surface area contributed by atoms with Crippen LogP contribution in [-0.4, -0.2) is 46.1 Å². The first-order valence-corrected chi connectivity index (χ1v) is 13.8. The van der Waals surface area contributed by atoms with E-state index in [1.54, 1.807) is 20.1 Å². The van der Waals surface area contributed by atoms with Crippen LogP contribution in [0.2, 0.25) is 0 Å². The minimum Gasteiger partial charge on any atom is -0.497 e. The van der Waals surface area contributed by atoms with Crippen LogP contribution in [0.1, 0.15) is 53.0 Å². The van der Waals surface area contributed by atoms with Gasteiger partial charge < -0.3 is 19.5 Å². The van der Waals surface area contributed by atoms with E-state index in [9.17, 15) is 9.59 Å². The molecule has 11 heteroatoms. The number of esters is 1. The SMILES string of the molecule is C=CCn1c(SCC(=O)Nc2sc3c(c2C(=O)OCC)CCC3)nnc1C(C)Oc1ccc(OC)cc1. The number of ether oxygens (including phenoxy) is 3. The fraction of sp³-hybridized carbons (Fsp3) is 0.385. The Morgan fingerprint density at radius 3 is 2.70 bits per heavy atom. The first kappa shape index (κ1) is 26.7. The molecule has 0 aliphatic heterocycles. The number of fused-ring (bicyclic) bond motifs is 1. The third kappa shape index (κ3) is 6.16. The van der Waals surface area contributed by atoms with Gasteiger partial charge in [0, 0.05) is 11.4 Å². The number of allylic oxidation sites excluding steroid dienone is 1. The summed E-state index contributed by atoms with van der Waals surface area (Å²) in [5.74, 6) is 1.54. The first-order valence-electron chi connectivity index (χ1n) is 12.0. The molecular formula is C26H30N4O5S2. The number of nitrogens with one attached hydrogen (secondary N) is 1. The molecule has 0 spiro atoms. The molecule has 3 aromatic rings. The summed E-state index contributed by atoms with van der Waals surface area (Å²) in [6, 6.07) is 7.31. The number of rotatable bonds is 12. The zero-order valence-electron chi connectivity index (χ0n) is 21.1. The van der Waals surface area contributed by atoms with Crippen LogP contribution < -0.4 is 14.8 Å². The Morgan fingerprint density at radius 2 is 2.00 bits per heavy atom. The molecule has 196 valence electrons. The Balaban J connectivity index is 1.43. The normalized spacial score (nSPS) is 13.1. The number of carbonyl (C=O) groups is 2. The van der Waals surface area contributed by atoms with Gasteiger partial charge in [-0.2, -0.15) is 0 Å². The number of nitrogens with zero attached hydrogens (tertiary/aromatic N) is 3. The second-order valence-electron chi connectivity index (χ2n) is 8.29. The van der Waals surface area contributed by atoms with Crippen LogP contribution in [-0.2, 0) is 28.9 Å². The Labute approximate surface area is 224 Å². The minimum absolute atomic E-state index is 0.105. The maximum absolute atomic E-state index is 12.9. The highest BCUT2D eigenvalue weighted by Gasteiger charge is 2.28. The zero-order chi connectivity index (χ0) is 26.4. The number of benzene rings is 1. The quantitative estimate of drug-likeness (QED) is 0.192. The summed E-state index contributed by atoms with van der Waals surface area (Å²) in [7, 11) is 1.61. The highest BCUT2D eigenvalue weighted by atomic mass is 32.2. The van der Waals surface area contributed by atoms with E-state index >= 15 is 0 Å². The number of thioether (sulfide) groups is 1. The van der Waals surface area contributed by atoms with Gasteiger partial charge in [0.15, 0.2) is 17.1 Å². The van der Waals surface area contributed by atoms with Crippen molar-refractivity contribution in [3.05, 3.63) is 58.7 Å². The summed E-state index contributed by atoms with van der Waals surface area (Å²) in [5, 5.41) is 12.7. The fourth-order valence-electron chi connectivity index (χ4n) is 4.12. The average Bonchev–Trinajstić information content (AvgIpc) is 3.58. The molecule has 9 nitrogen and oxygen atoms in total. The molecule has 1 unspecified atom stereocenters. The Kier molecular flexibility index (Phi) is 8.88. The molecule has 0 saturated heterocycles. The number of amides is 1. The van der Waals surface area contributed by atoms with Crippen LogP contribution in [0.25, 0.3) is 0 Å². The van der Waals surface area contributed by atoms with E-state index in [0.29, 0.717) is 33.8 Å². The van der Waals surface area contributed by atoms with Crippen molar-refractivity contribution < 1.29 is 23.8 Å². The molecule has 1 N–H and O–H groups in total. The van der Waals surface area contributed by atoms with Crippen molar-refractivity contribution in [2.75, 3.05) is 24.8 Å².